The van der Waals surface area contributed by atoms with E-state index in [0.29, 0.717) is 114 Å². The third-order valence-corrected chi connectivity index (χ3v) is 25.9. The van der Waals surface area contributed by atoms with Gasteiger partial charge in [-0.25, -0.2) is 0 Å². The van der Waals surface area contributed by atoms with Gasteiger partial charge in [0.05, 0.1) is 0 Å². The molecule has 16 bridgehead atoms. The molecule has 9 saturated heterocycles. The first-order chi connectivity index (χ1) is 32.6. The van der Waals surface area contributed by atoms with Crippen molar-refractivity contribution in [3.8, 4) is 0 Å². The van der Waals surface area contributed by atoms with E-state index in [2.05, 4.69) is 56.5 Å². The number of fused-ring (bicyclic) bond motifs is 18. The van der Waals surface area contributed by atoms with Crippen LogP contribution >= 0.6 is 0 Å². The standard InChI is InChI=1S/C57H87N9/c1-2-28-6-10-42-48-36-13-15-58-45(36)22-31-20-33(60-51(31)48)17-26-18-38-39(19-26)50-44-12-8-30-4-3-29-7-11-43(65-55(29)56(30)66-44)49-37-14-16-59-46(37)23-32-21-34(61-52(32)49)24-35-25-40(57(50)62-35)47(38)41-9-5-27(1)53(63-41)54(28)64-42/h13-16,26-66H,1-12,17-25H2. The fourth-order valence-corrected chi connectivity index (χ4v) is 23.9. The van der Waals surface area contributed by atoms with Crippen molar-refractivity contribution >= 4 is 0 Å². The molecule has 0 aromatic rings. The van der Waals surface area contributed by atoms with E-state index >= 15 is 0 Å². The molecular weight excluding hydrogens is 811 g/mol. The van der Waals surface area contributed by atoms with Crippen molar-refractivity contribution in [2.75, 3.05) is 0 Å². The molecule has 32 unspecified atom stereocenters. The number of hydrogen-bond donors (Lipinski definition) is 9. The van der Waals surface area contributed by atoms with Crippen molar-refractivity contribution in [3.63, 3.8) is 0 Å². The number of rotatable bonds is 0. The highest BCUT2D eigenvalue weighted by Crippen LogP contribution is 2.61. The maximum atomic E-state index is 4.82. The predicted octanol–water partition coefficient (Wildman–Crippen LogP) is 5.50. The first-order valence-electron chi connectivity index (χ1n) is 29.8. The van der Waals surface area contributed by atoms with Crippen molar-refractivity contribution in [3.05, 3.63) is 24.6 Å². The fraction of sp³-hybridized carbons (Fsp3) is 0.930. The summed E-state index contributed by atoms with van der Waals surface area (Å²) in [6.45, 7) is 0. The van der Waals surface area contributed by atoms with E-state index in [-0.39, 0.29) is 0 Å². The van der Waals surface area contributed by atoms with Crippen molar-refractivity contribution in [1.29, 1.82) is 0 Å². The lowest BCUT2D eigenvalue weighted by Crippen LogP contribution is -2.71. The Morgan fingerprint density at radius 3 is 1.23 bits per heavy atom. The summed E-state index contributed by atoms with van der Waals surface area (Å²) in [5, 5.41) is 40.7. The topological polar surface area (TPSA) is 108 Å². The summed E-state index contributed by atoms with van der Waals surface area (Å²) < 4.78 is 0. The third kappa shape index (κ3) is 5.95. The molecule has 0 aromatic heterocycles. The van der Waals surface area contributed by atoms with Gasteiger partial charge in [-0.05, 0) is 230 Å². The Kier molecular flexibility index (Phi) is 9.28. The molecule has 9 N–H and O–H groups in total. The van der Waals surface area contributed by atoms with Gasteiger partial charge in [0, 0.05) is 109 Å². The van der Waals surface area contributed by atoms with Crippen molar-refractivity contribution in [1.82, 2.24) is 47.9 Å². The van der Waals surface area contributed by atoms with Crippen LogP contribution < -0.4 is 47.9 Å². The van der Waals surface area contributed by atoms with Gasteiger partial charge in [0.2, 0.25) is 0 Å². The number of piperidine rings is 4. The van der Waals surface area contributed by atoms with E-state index in [0.717, 1.165) is 76.9 Å². The molecule has 0 radical (unpaired) electrons. The molecule has 6 saturated carbocycles. The first-order valence-corrected chi connectivity index (χ1v) is 29.8. The molecule has 11 aliphatic heterocycles. The molecule has 15 fully saturated rings. The lowest BCUT2D eigenvalue weighted by atomic mass is 9.54. The Morgan fingerprint density at radius 1 is 0.273 bits per heavy atom. The lowest BCUT2D eigenvalue weighted by Gasteiger charge is -2.59. The molecule has 9 nitrogen and oxygen atoms in total. The van der Waals surface area contributed by atoms with E-state index in [4.69, 9.17) is 16.0 Å². The number of nitrogens with one attached hydrogen (secondary N) is 9. The van der Waals surface area contributed by atoms with E-state index in [1.54, 1.807) is 0 Å². The van der Waals surface area contributed by atoms with Crippen molar-refractivity contribution in [2.24, 2.45) is 94.7 Å². The normalized spacial score (nSPS) is 64.0. The van der Waals surface area contributed by atoms with Crippen LogP contribution in [0.1, 0.15) is 135 Å². The molecule has 0 amide bonds. The quantitative estimate of drug-likeness (QED) is 0.156. The van der Waals surface area contributed by atoms with Gasteiger partial charge in [0.1, 0.15) is 0 Å². The Hall–Kier alpha value is -1.20. The van der Waals surface area contributed by atoms with Crippen LogP contribution in [0.3, 0.4) is 0 Å². The van der Waals surface area contributed by atoms with Gasteiger partial charge < -0.3 is 47.9 Å². The molecule has 32 atom stereocenters. The Bertz CT molecular complexity index is 1820. The van der Waals surface area contributed by atoms with Crippen LogP contribution in [-0.4, -0.2) is 96.7 Å². The van der Waals surface area contributed by atoms with Crippen LogP contribution in [-0.2, 0) is 0 Å². The van der Waals surface area contributed by atoms with Gasteiger partial charge in [-0.15, -0.1) is 0 Å². The molecule has 9 heteroatoms. The average molecular weight is 898 g/mol. The van der Waals surface area contributed by atoms with E-state index in [1.165, 1.54) is 135 Å². The largest absolute Gasteiger partial charge is 0.388 e. The van der Waals surface area contributed by atoms with Gasteiger partial charge in [-0.2, -0.15) is 0 Å². The summed E-state index contributed by atoms with van der Waals surface area (Å²) in [4.78, 5) is 0. The highest BCUT2D eigenvalue weighted by Gasteiger charge is 2.64. The first kappa shape index (κ1) is 40.4. The van der Waals surface area contributed by atoms with Crippen LogP contribution in [0.5, 0.6) is 0 Å². The van der Waals surface area contributed by atoms with Gasteiger partial charge in [0.15, 0.2) is 0 Å². The molecule has 17 rings (SSSR count). The zero-order chi connectivity index (χ0) is 42.5. The maximum Gasteiger partial charge on any atom is 0.0326 e. The molecule has 360 valence electrons. The molecule has 17 aliphatic rings. The molecule has 66 heavy (non-hydrogen) atoms. The summed E-state index contributed by atoms with van der Waals surface area (Å²) in [7, 11) is 0. The van der Waals surface area contributed by atoms with Crippen LogP contribution in [0.4, 0.5) is 0 Å². The number of hydrogen-bond acceptors (Lipinski definition) is 9. The van der Waals surface area contributed by atoms with Crippen LogP contribution in [0.25, 0.3) is 0 Å². The molecular formula is C57H87N9. The molecule has 11 heterocycles. The lowest BCUT2D eigenvalue weighted by molar-refractivity contribution is -0.0405. The summed E-state index contributed by atoms with van der Waals surface area (Å²) >= 11 is 0. The summed E-state index contributed by atoms with van der Waals surface area (Å²) in [5.74, 6) is 13.0. The van der Waals surface area contributed by atoms with E-state index in [9.17, 15) is 0 Å². The Labute approximate surface area is 397 Å². The minimum Gasteiger partial charge on any atom is -0.388 e. The van der Waals surface area contributed by atoms with Crippen LogP contribution in [0.15, 0.2) is 24.6 Å². The van der Waals surface area contributed by atoms with Gasteiger partial charge in [-0.3, -0.25) is 0 Å². The van der Waals surface area contributed by atoms with Crippen LogP contribution in [0, 0.1) is 94.7 Å². The minimum atomic E-state index is 0.649. The molecule has 0 aromatic carbocycles. The second-order valence-electron chi connectivity index (χ2n) is 28.1. The highest BCUT2D eigenvalue weighted by atomic mass is 15.2. The van der Waals surface area contributed by atoms with Crippen molar-refractivity contribution in [2.45, 2.75) is 232 Å². The summed E-state index contributed by atoms with van der Waals surface area (Å²) in [6.07, 6.45) is 40.2. The van der Waals surface area contributed by atoms with Gasteiger partial charge in [0.25, 0.3) is 0 Å². The van der Waals surface area contributed by atoms with Gasteiger partial charge >= 0.3 is 0 Å². The molecule has 0 spiro atoms. The van der Waals surface area contributed by atoms with Crippen molar-refractivity contribution < 1.29 is 0 Å². The maximum absolute atomic E-state index is 4.82. The SMILES string of the molecule is C1=CC2C(CC3CC4CC5CC6C(C5)C5C7CCC8CCC9CCC(NC9C8N7)C7C8C=CNC8CC8CC(CC9CC(C5N9)C6C5CCC6CCC9CCC(NC9C6N5)C2C3N4)NC87)N1. The Balaban J connectivity index is 0.755. The van der Waals surface area contributed by atoms with Gasteiger partial charge in [-0.1, -0.05) is 12.2 Å². The zero-order valence-electron chi connectivity index (χ0n) is 40.1. The van der Waals surface area contributed by atoms with Crippen LogP contribution in [0.2, 0.25) is 0 Å². The van der Waals surface area contributed by atoms with E-state index in [1.807, 2.05) is 0 Å². The third-order valence-electron chi connectivity index (χ3n) is 25.9. The monoisotopic (exact) mass is 898 g/mol. The second kappa shape index (κ2) is 15.2. The second-order valence-corrected chi connectivity index (χ2v) is 28.1. The average Bonchev–Trinajstić information content (AvgIpc) is 4.21. The fourth-order valence-electron chi connectivity index (χ4n) is 23.9. The van der Waals surface area contributed by atoms with E-state index < -0.39 is 0 Å². The zero-order valence-corrected chi connectivity index (χ0v) is 40.1. The Morgan fingerprint density at radius 2 is 0.697 bits per heavy atom. The minimum absolute atomic E-state index is 0.649. The summed E-state index contributed by atoms with van der Waals surface area (Å²) in [6, 6.07) is 10.7. The predicted molar refractivity (Wildman–Crippen MR) is 260 cm³/mol. The smallest absolute Gasteiger partial charge is 0.0326 e. The summed E-state index contributed by atoms with van der Waals surface area (Å²) in [5.41, 5.74) is 0. The highest BCUT2D eigenvalue weighted by molar-refractivity contribution is 5.22. The molecule has 6 aliphatic carbocycles.